The van der Waals surface area contributed by atoms with Gasteiger partial charge >= 0.3 is 0 Å². The van der Waals surface area contributed by atoms with Gasteiger partial charge in [0.05, 0.1) is 6.10 Å². The fourth-order valence-electron chi connectivity index (χ4n) is 1.75. The molecule has 0 bridgehead atoms. The Morgan fingerprint density at radius 2 is 1.65 bits per heavy atom. The monoisotopic (exact) mass is 226 g/mol. The van der Waals surface area contributed by atoms with Crippen LogP contribution < -0.4 is 0 Å². The Morgan fingerprint density at radius 1 is 1.00 bits per heavy atom. The third kappa shape index (κ3) is 3.02. The van der Waals surface area contributed by atoms with Gasteiger partial charge in [-0.2, -0.15) is 0 Å². The van der Waals surface area contributed by atoms with Crippen molar-refractivity contribution in [3.05, 3.63) is 71.3 Å². The predicted molar refractivity (Wildman–Crippen MR) is 66.9 cm³/mol. The highest BCUT2D eigenvalue weighted by Gasteiger charge is 2.07. The molecule has 0 amide bonds. The molecule has 2 heteroatoms. The maximum absolute atomic E-state index is 10.5. The number of benzene rings is 2. The second-order valence-electron chi connectivity index (χ2n) is 3.99. The molecular formula is C15H14O2. The normalized spacial score (nSPS) is 12.1. The summed E-state index contributed by atoms with van der Waals surface area (Å²) in [5.74, 6) is 0. The van der Waals surface area contributed by atoms with Gasteiger partial charge in [-0.3, -0.25) is 4.79 Å². The van der Waals surface area contributed by atoms with E-state index in [4.69, 9.17) is 0 Å². The second-order valence-corrected chi connectivity index (χ2v) is 3.99. The van der Waals surface area contributed by atoms with Crippen LogP contribution in [0.3, 0.4) is 0 Å². The van der Waals surface area contributed by atoms with Crippen LogP contribution in [0.4, 0.5) is 0 Å². The third-order valence-electron chi connectivity index (χ3n) is 2.73. The van der Waals surface area contributed by atoms with Gasteiger partial charge in [0.1, 0.15) is 6.29 Å². The highest BCUT2D eigenvalue weighted by atomic mass is 16.3. The minimum absolute atomic E-state index is 0.530. The van der Waals surface area contributed by atoms with Crippen LogP contribution >= 0.6 is 0 Å². The molecule has 1 N–H and O–H groups in total. The Labute approximate surface area is 101 Å². The summed E-state index contributed by atoms with van der Waals surface area (Å²) in [5.41, 5.74) is 2.56. The summed E-state index contributed by atoms with van der Waals surface area (Å²) in [6.45, 7) is 0. The molecule has 2 nitrogen and oxygen atoms in total. The lowest BCUT2D eigenvalue weighted by Crippen LogP contribution is -2.01. The van der Waals surface area contributed by atoms with Crippen LogP contribution in [0.15, 0.2) is 54.6 Å². The summed E-state index contributed by atoms with van der Waals surface area (Å²) in [4.78, 5) is 10.5. The van der Waals surface area contributed by atoms with Crippen molar-refractivity contribution >= 4 is 6.29 Å². The molecule has 2 aromatic carbocycles. The van der Waals surface area contributed by atoms with Crippen LogP contribution in [0.25, 0.3) is 0 Å². The number of aliphatic hydroxyl groups excluding tert-OH is 1. The lowest BCUT2D eigenvalue weighted by molar-refractivity contribution is 0.112. The maximum Gasteiger partial charge on any atom is 0.150 e. The zero-order valence-corrected chi connectivity index (χ0v) is 9.41. The zero-order chi connectivity index (χ0) is 12.1. The van der Waals surface area contributed by atoms with Crippen LogP contribution in [-0.4, -0.2) is 11.4 Å². The predicted octanol–water partition coefficient (Wildman–Crippen LogP) is 2.78. The summed E-state index contributed by atoms with van der Waals surface area (Å²) < 4.78 is 0. The molecule has 1 atom stereocenters. The summed E-state index contributed by atoms with van der Waals surface area (Å²) in [7, 11) is 0. The molecule has 17 heavy (non-hydrogen) atoms. The Hall–Kier alpha value is -1.93. The molecule has 2 rings (SSSR count). The topological polar surface area (TPSA) is 37.3 Å². The number of carbonyl (C=O) groups excluding carboxylic acids is 1. The SMILES string of the molecule is O=Cc1ccc([C@@H](O)Cc2ccccc2)cc1. The van der Waals surface area contributed by atoms with Crippen LogP contribution in [0.2, 0.25) is 0 Å². The quantitative estimate of drug-likeness (QED) is 0.814. The van der Waals surface area contributed by atoms with Crippen LogP contribution in [0.5, 0.6) is 0 Å². The van der Waals surface area contributed by atoms with Gasteiger partial charge in [0.2, 0.25) is 0 Å². The van der Waals surface area contributed by atoms with E-state index in [9.17, 15) is 9.90 Å². The summed E-state index contributed by atoms with van der Waals surface area (Å²) in [6, 6.07) is 16.9. The van der Waals surface area contributed by atoms with Crippen LogP contribution in [0, 0.1) is 0 Å². The van der Waals surface area contributed by atoms with Gasteiger partial charge in [-0.15, -0.1) is 0 Å². The summed E-state index contributed by atoms with van der Waals surface area (Å²) in [6.07, 6.45) is 0.854. The van der Waals surface area contributed by atoms with Crippen molar-refractivity contribution < 1.29 is 9.90 Å². The highest BCUT2D eigenvalue weighted by molar-refractivity contribution is 5.74. The number of hydrogen-bond donors (Lipinski definition) is 1. The van der Waals surface area contributed by atoms with Gasteiger partial charge in [0, 0.05) is 12.0 Å². The van der Waals surface area contributed by atoms with E-state index < -0.39 is 6.10 Å². The first kappa shape index (κ1) is 11.6. The average Bonchev–Trinajstić information content (AvgIpc) is 2.40. The summed E-state index contributed by atoms with van der Waals surface area (Å²) in [5, 5.41) is 10.0. The molecule has 0 aliphatic heterocycles. The van der Waals surface area contributed by atoms with Gasteiger partial charge < -0.3 is 5.11 Å². The van der Waals surface area contributed by atoms with E-state index in [-0.39, 0.29) is 0 Å². The molecule has 0 fully saturated rings. The minimum Gasteiger partial charge on any atom is -0.388 e. The largest absolute Gasteiger partial charge is 0.388 e. The Balaban J connectivity index is 2.09. The fraction of sp³-hybridized carbons (Fsp3) is 0.133. The van der Waals surface area contributed by atoms with Crippen LogP contribution in [-0.2, 0) is 6.42 Å². The molecular weight excluding hydrogens is 212 g/mol. The van der Waals surface area contributed by atoms with Crippen molar-refractivity contribution in [1.29, 1.82) is 0 Å². The minimum atomic E-state index is -0.530. The van der Waals surface area contributed by atoms with E-state index in [0.717, 1.165) is 17.4 Å². The molecule has 2 aromatic rings. The van der Waals surface area contributed by atoms with E-state index in [1.165, 1.54) is 0 Å². The van der Waals surface area contributed by atoms with Crippen molar-refractivity contribution in [3.63, 3.8) is 0 Å². The van der Waals surface area contributed by atoms with Crippen molar-refractivity contribution in [1.82, 2.24) is 0 Å². The van der Waals surface area contributed by atoms with Gasteiger partial charge in [0.15, 0.2) is 0 Å². The fourth-order valence-corrected chi connectivity index (χ4v) is 1.75. The molecule has 0 saturated carbocycles. The maximum atomic E-state index is 10.5. The van der Waals surface area contributed by atoms with Crippen molar-refractivity contribution in [3.8, 4) is 0 Å². The smallest absolute Gasteiger partial charge is 0.150 e. The van der Waals surface area contributed by atoms with Gasteiger partial charge in [-0.1, -0.05) is 54.6 Å². The van der Waals surface area contributed by atoms with Gasteiger partial charge in [0.25, 0.3) is 0 Å². The molecule has 0 aliphatic rings. The number of aliphatic hydroxyl groups is 1. The van der Waals surface area contributed by atoms with Crippen molar-refractivity contribution in [2.45, 2.75) is 12.5 Å². The Bertz CT molecular complexity index is 474. The summed E-state index contributed by atoms with van der Waals surface area (Å²) >= 11 is 0. The Kier molecular flexibility index (Phi) is 3.68. The third-order valence-corrected chi connectivity index (χ3v) is 2.73. The second kappa shape index (κ2) is 5.41. The first-order valence-electron chi connectivity index (χ1n) is 5.57. The van der Waals surface area contributed by atoms with E-state index in [0.29, 0.717) is 12.0 Å². The average molecular weight is 226 g/mol. The molecule has 0 aliphatic carbocycles. The molecule has 0 unspecified atom stereocenters. The standard InChI is InChI=1S/C15H14O2/c16-11-13-6-8-14(9-7-13)15(17)10-12-4-2-1-3-5-12/h1-9,11,15,17H,10H2/t15-/m0/s1. The Morgan fingerprint density at radius 3 is 2.24 bits per heavy atom. The molecule has 0 heterocycles. The number of aldehydes is 1. The number of hydrogen-bond acceptors (Lipinski definition) is 2. The lowest BCUT2D eigenvalue weighted by Gasteiger charge is -2.11. The number of carbonyl (C=O) groups is 1. The van der Waals surface area contributed by atoms with Crippen molar-refractivity contribution in [2.75, 3.05) is 0 Å². The molecule has 86 valence electrons. The van der Waals surface area contributed by atoms with E-state index in [1.54, 1.807) is 24.3 Å². The van der Waals surface area contributed by atoms with E-state index in [1.807, 2.05) is 30.3 Å². The molecule has 0 saturated heterocycles. The lowest BCUT2D eigenvalue weighted by atomic mass is 10.0. The van der Waals surface area contributed by atoms with E-state index in [2.05, 4.69) is 0 Å². The molecule has 0 aromatic heterocycles. The zero-order valence-electron chi connectivity index (χ0n) is 9.41. The molecule has 0 radical (unpaired) electrons. The van der Waals surface area contributed by atoms with Gasteiger partial charge in [-0.05, 0) is 11.1 Å². The first-order chi connectivity index (χ1) is 8.29. The molecule has 0 spiro atoms. The van der Waals surface area contributed by atoms with Crippen LogP contribution in [0.1, 0.15) is 27.6 Å². The van der Waals surface area contributed by atoms with Crippen molar-refractivity contribution in [2.24, 2.45) is 0 Å². The first-order valence-corrected chi connectivity index (χ1v) is 5.57. The highest BCUT2D eigenvalue weighted by Crippen LogP contribution is 2.18. The number of rotatable bonds is 4. The van der Waals surface area contributed by atoms with E-state index >= 15 is 0 Å². The van der Waals surface area contributed by atoms with Gasteiger partial charge in [-0.25, -0.2) is 0 Å².